The van der Waals surface area contributed by atoms with Crippen LogP contribution in [-0.2, 0) is 11.2 Å². The second-order valence-corrected chi connectivity index (χ2v) is 7.68. The highest BCUT2D eigenvalue weighted by molar-refractivity contribution is 8.13. The Morgan fingerprint density at radius 2 is 1.88 bits per heavy atom. The number of nitrogens with zero attached hydrogens (tertiary/aromatic N) is 2. The van der Waals surface area contributed by atoms with Crippen LogP contribution >= 0.6 is 35.0 Å². The van der Waals surface area contributed by atoms with Crippen LogP contribution in [0.3, 0.4) is 0 Å². The Morgan fingerprint density at radius 3 is 2.60 bits per heavy atom. The second-order valence-electron chi connectivity index (χ2n) is 5.81. The van der Waals surface area contributed by atoms with Crippen LogP contribution in [0.2, 0.25) is 10.0 Å². The topological polar surface area (TPSA) is 32.7 Å². The molecular weight excluding hydrogens is 375 g/mol. The van der Waals surface area contributed by atoms with Crippen molar-refractivity contribution in [1.82, 2.24) is 4.90 Å². The molecule has 1 aliphatic rings. The first-order chi connectivity index (χ1) is 12.1. The first kappa shape index (κ1) is 18.3. The Bertz CT molecular complexity index is 803. The Kier molecular flexibility index (Phi) is 6.05. The van der Waals surface area contributed by atoms with Gasteiger partial charge in [-0.1, -0.05) is 59.2 Å². The maximum Gasteiger partial charge on any atom is 0.233 e. The summed E-state index contributed by atoms with van der Waals surface area (Å²) >= 11 is 14.0. The fourth-order valence-electron chi connectivity index (χ4n) is 2.62. The molecule has 0 radical (unpaired) electrons. The van der Waals surface area contributed by atoms with Crippen molar-refractivity contribution < 1.29 is 4.79 Å². The summed E-state index contributed by atoms with van der Waals surface area (Å²) in [6.45, 7) is 2.68. The number of aryl methyl sites for hydroxylation is 1. The molecule has 1 amide bonds. The number of rotatable bonds is 3. The third-order valence-electron chi connectivity index (χ3n) is 4.01. The minimum atomic E-state index is -0.0328. The molecule has 0 bridgehead atoms. The van der Waals surface area contributed by atoms with Crippen LogP contribution in [0, 0.1) is 6.92 Å². The quantitative estimate of drug-likeness (QED) is 0.690. The Morgan fingerprint density at radius 1 is 1.16 bits per heavy atom. The number of amides is 1. The van der Waals surface area contributed by atoms with Crippen LogP contribution in [0.25, 0.3) is 0 Å². The molecule has 2 aromatic rings. The molecule has 1 aliphatic heterocycles. The van der Waals surface area contributed by atoms with Gasteiger partial charge in [0.1, 0.15) is 0 Å². The van der Waals surface area contributed by atoms with E-state index < -0.39 is 0 Å². The van der Waals surface area contributed by atoms with Crippen molar-refractivity contribution >= 4 is 51.7 Å². The standard InChI is InChI=1S/C19H18Cl2N2OS/c1-13-6-2-3-9-17(13)22-19-23(10-5-11-25-19)18(24)12-14-15(20)7-4-8-16(14)21/h2-4,6-9H,5,10-12H2,1H3. The number of para-hydroxylation sites is 1. The molecule has 0 saturated carbocycles. The summed E-state index contributed by atoms with van der Waals surface area (Å²) < 4.78 is 0. The van der Waals surface area contributed by atoms with Gasteiger partial charge in [0.2, 0.25) is 5.91 Å². The third-order valence-corrected chi connectivity index (χ3v) is 5.78. The van der Waals surface area contributed by atoms with Gasteiger partial charge in [-0.2, -0.15) is 0 Å². The zero-order chi connectivity index (χ0) is 17.8. The molecule has 0 N–H and O–H groups in total. The lowest BCUT2D eigenvalue weighted by atomic mass is 10.1. The summed E-state index contributed by atoms with van der Waals surface area (Å²) in [7, 11) is 0. The number of carbonyl (C=O) groups is 1. The fourth-order valence-corrected chi connectivity index (χ4v) is 4.12. The SMILES string of the molecule is Cc1ccccc1N=C1SCCCN1C(=O)Cc1c(Cl)cccc1Cl. The molecule has 25 heavy (non-hydrogen) atoms. The Hall–Kier alpha value is -1.49. The lowest BCUT2D eigenvalue weighted by Gasteiger charge is -2.28. The van der Waals surface area contributed by atoms with Crippen molar-refractivity contribution in [1.29, 1.82) is 0 Å². The molecule has 1 heterocycles. The molecule has 0 aromatic heterocycles. The summed E-state index contributed by atoms with van der Waals surface area (Å²) in [5.41, 5.74) is 2.64. The predicted octanol–water partition coefficient (Wildman–Crippen LogP) is 5.50. The van der Waals surface area contributed by atoms with Crippen molar-refractivity contribution in [3.05, 3.63) is 63.6 Å². The van der Waals surface area contributed by atoms with E-state index in [9.17, 15) is 4.79 Å². The van der Waals surface area contributed by atoms with Crippen molar-refractivity contribution in [2.75, 3.05) is 12.3 Å². The molecule has 3 nitrogen and oxygen atoms in total. The highest BCUT2D eigenvalue weighted by atomic mass is 35.5. The van der Waals surface area contributed by atoms with E-state index in [2.05, 4.69) is 0 Å². The number of aliphatic imine (C=N–C) groups is 1. The molecular formula is C19H18Cl2N2OS. The molecule has 2 aromatic carbocycles. The average molecular weight is 393 g/mol. The molecule has 130 valence electrons. The van der Waals surface area contributed by atoms with Gasteiger partial charge in [-0.05, 0) is 42.7 Å². The number of carbonyl (C=O) groups excluding carboxylic acids is 1. The normalized spacial score (nSPS) is 16.3. The minimum Gasteiger partial charge on any atom is -0.291 e. The zero-order valence-electron chi connectivity index (χ0n) is 13.8. The Balaban J connectivity index is 1.86. The van der Waals surface area contributed by atoms with Crippen molar-refractivity contribution in [2.24, 2.45) is 4.99 Å². The van der Waals surface area contributed by atoms with E-state index in [1.807, 2.05) is 31.2 Å². The number of halogens is 2. The third kappa shape index (κ3) is 4.38. The molecule has 0 spiro atoms. The van der Waals surface area contributed by atoms with E-state index in [-0.39, 0.29) is 12.3 Å². The average Bonchev–Trinajstić information content (AvgIpc) is 2.60. The van der Waals surface area contributed by atoms with Crippen LogP contribution in [0.5, 0.6) is 0 Å². The van der Waals surface area contributed by atoms with E-state index in [1.54, 1.807) is 34.9 Å². The van der Waals surface area contributed by atoms with E-state index in [0.29, 0.717) is 22.2 Å². The van der Waals surface area contributed by atoms with Gasteiger partial charge in [-0.25, -0.2) is 4.99 Å². The molecule has 3 rings (SSSR count). The smallest absolute Gasteiger partial charge is 0.233 e. The Labute approximate surface area is 162 Å². The molecule has 1 saturated heterocycles. The van der Waals surface area contributed by atoms with Gasteiger partial charge in [0.25, 0.3) is 0 Å². The van der Waals surface area contributed by atoms with Crippen LogP contribution in [0.1, 0.15) is 17.5 Å². The van der Waals surface area contributed by atoms with Crippen LogP contribution in [-0.4, -0.2) is 28.3 Å². The van der Waals surface area contributed by atoms with Gasteiger partial charge < -0.3 is 0 Å². The van der Waals surface area contributed by atoms with E-state index in [0.717, 1.165) is 28.6 Å². The van der Waals surface area contributed by atoms with Crippen molar-refractivity contribution in [3.63, 3.8) is 0 Å². The van der Waals surface area contributed by atoms with E-state index >= 15 is 0 Å². The zero-order valence-corrected chi connectivity index (χ0v) is 16.2. The van der Waals surface area contributed by atoms with Gasteiger partial charge in [0, 0.05) is 22.3 Å². The van der Waals surface area contributed by atoms with Crippen molar-refractivity contribution in [2.45, 2.75) is 19.8 Å². The lowest BCUT2D eigenvalue weighted by Crippen LogP contribution is -2.40. The van der Waals surface area contributed by atoms with Crippen LogP contribution in [0.4, 0.5) is 5.69 Å². The minimum absolute atomic E-state index is 0.0328. The summed E-state index contributed by atoms with van der Waals surface area (Å²) in [4.78, 5) is 19.3. The van der Waals surface area contributed by atoms with Gasteiger partial charge in [-0.3, -0.25) is 9.69 Å². The molecule has 0 aliphatic carbocycles. The van der Waals surface area contributed by atoms with Gasteiger partial charge in [0.15, 0.2) is 5.17 Å². The molecule has 0 unspecified atom stereocenters. The fraction of sp³-hybridized carbons (Fsp3) is 0.263. The highest BCUT2D eigenvalue weighted by Crippen LogP contribution is 2.28. The molecule has 6 heteroatoms. The first-order valence-electron chi connectivity index (χ1n) is 8.06. The first-order valence-corrected chi connectivity index (χ1v) is 9.81. The molecule has 0 atom stereocenters. The number of thioether (sulfide) groups is 1. The number of amidine groups is 1. The summed E-state index contributed by atoms with van der Waals surface area (Å²) in [5, 5.41) is 1.78. The van der Waals surface area contributed by atoms with E-state index in [4.69, 9.17) is 28.2 Å². The van der Waals surface area contributed by atoms with Crippen molar-refractivity contribution in [3.8, 4) is 0 Å². The molecule has 1 fully saturated rings. The summed E-state index contributed by atoms with van der Waals surface area (Å²) in [5.74, 6) is 0.927. The van der Waals surface area contributed by atoms with Gasteiger partial charge in [0.05, 0.1) is 12.1 Å². The van der Waals surface area contributed by atoms with Gasteiger partial charge in [-0.15, -0.1) is 0 Å². The highest BCUT2D eigenvalue weighted by Gasteiger charge is 2.25. The second kappa shape index (κ2) is 8.26. The van der Waals surface area contributed by atoms with Gasteiger partial charge >= 0.3 is 0 Å². The monoisotopic (exact) mass is 392 g/mol. The number of hydrogen-bond acceptors (Lipinski definition) is 3. The van der Waals surface area contributed by atoms with Crippen LogP contribution in [0.15, 0.2) is 47.5 Å². The maximum absolute atomic E-state index is 12.9. The maximum atomic E-state index is 12.9. The number of benzene rings is 2. The largest absolute Gasteiger partial charge is 0.291 e. The lowest BCUT2D eigenvalue weighted by molar-refractivity contribution is -0.126. The summed E-state index contributed by atoms with van der Waals surface area (Å²) in [6, 6.07) is 13.2. The number of hydrogen-bond donors (Lipinski definition) is 0. The summed E-state index contributed by atoms with van der Waals surface area (Å²) in [6.07, 6.45) is 1.12. The van der Waals surface area contributed by atoms with Crippen LogP contribution < -0.4 is 0 Å². The predicted molar refractivity (Wildman–Crippen MR) is 107 cm³/mol. The van der Waals surface area contributed by atoms with E-state index in [1.165, 1.54) is 0 Å².